The first-order valence-electron chi connectivity index (χ1n) is 7.70. The highest BCUT2D eigenvalue weighted by atomic mass is 32.1. The van der Waals surface area contributed by atoms with Gasteiger partial charge in [-0.25, -0.2) is 4.79 Å². The number of amides is 2. The van der Waals surface area contributed by atoms with E-state index in [1.807, 2.05) is 30.6 Å². The van der Waals surface area contributed by atoms with Crippen LogP contribution in [0.25, 0.3) is 10.6 Å². The summed E-state index contributed by atoms with van der Waals surface area (Å²) < 4.78 is 12.3. The van der Waals surface area contributed by atoms with E-state index in [1.165, 1.54) is 0 Å². The molecule has 4 rings (SSSR count). The molecule has 7 nitrogen and oxygen atoms in total. The average Bonchev–Trinajstić information content (AvgIpc) is 3.33. The third kappa shape index (κ3) is 3.29. The zero-order valence-corrected chi connectivity index (χ0v) is 14.3. The Kier molecular flexibility index (Phi) is 4.02. The Labute approximate surface area is 148 Å². The van der Waals surface area contributed by atoms with Crippen molar-refractivity contribution in [3.8, 4) is 22.1 Å². The van der Waals surface area contributed by atoms with E-state index in [4.69, 9.17) is 9.47 Å². The number of nitrogens with one attached hydrogen (secondary N) is 2. The van der Waals surface area contributed by atoms with Crippen LogP contribution in [0.1, 0.15) is 5.69 Å². The van der Waals surface area contributed by atoms with Crippen molar-refractivity contribution in [1.82, 2.24) is 15.1 Å². The van der Waals surface area contributed by atoms with Crippen LogP contribution in [0.5, 0.6) is 11.5 Å². The van der Waals surface area contributed by atoms with Gasteiger partial charge in [0.2, 0.25) is 6.79 Å². The normalized spacial score (nSPS) is 12.2. The molecule has 0 bridgehead atoms. The molecule has 0 atom stereocenters. The van der Waals surface area contributed by atoms with Gasteiger partial charge in [0.05, 0.1) is 17.1 Å². The number of carbonyl (C=O) groups excluding carboxylic acids is 1. The number of benzene rings is 1. The van der Waals surface area contributed by atoms with Crippen LogP contribution in [0.4, 0.5) is 10.5 Å². The molecule has 0 saturated heterocycles. The number of fused-ring (bicyclic) bond motifs is 1. The van der Waals surface area contributed by atoms with Gasteiger partial charge in [-0.3, -0.25) is 4.68 Å². The standard InChI is InChI=1S/C17H16N4O3S/c1-21-12(8-13(20-21)16-3-2-6-25-16)9-18-17(22)19-11-4-5-14-15(7-11)24-10-23-14/h2-8H,9-10H2,1H3,(H2,18,19,22). The van der Waals surface area contributed by atoms with Crippen molar-refractivity contribution < 1.29 is 14.3 Å². The second-order valence-corrected chi connectivity index (χ2v) is 6.45. The molecule has 128 valence electrons. The van der Waals surface area contributed by atoms with Gasteiger partial charge in [0, 0.05) is 18.8 Å². The molecule has 0 aliphatic carbocycles. The summed E-state index contributed by atoms with van der Waals surface area (Å²) in [5, 5.41) is 12.1. The van der Waals surface area contributed by atoms with Crippen LogP contribution >= 0.6 is 11.3 Å². The van der Waals surface area contributed by atoms with E-state index in [-0.39, 0.29) is 12.8 Å². The van der Waals surface area contributed by atoms with E-state index in [2.05, 4.69) is 15.7 Å². The molecule has 2 aromatic heterocycles. The number of urea groups is 1. The number of thiophene rings is 1. The fourth-order valence-electron chi connectivity index (χ4n) is 2.54. The van der Waals surface area contributed by atoms with Gasteiger partial charge in [-0.2, -0.15) is 5.10 Å². The largest absolute Gasteiger partial charge is 0.454 e. The summed E-state index contributed by atoms with van der Waals surface area (Å²) in [4.78, 5) is 13.2. The predicted octanol–water partition coefficient (Wildman–Crippen LogP) is 3.20. The molecule has 1 aliphatic rings. The Bertz CT molecular complexity index is 905. The van der Waals surface area contributed by atoms with E-state index < -0.39 is 0 Å². The topological polar surface area (TPSA) is 77.4 Å². The molecular weight excluding hydrogens is 340 g/mol. The fraction of sp³-hybridized carbons (Fsp3) is 0.176. The lowest BCUT2D eigenvalue weighted by molar-refractivity contribution is 0.174. The van der Waals surface area contributed by atoms with Crippen LogP contribution in [-0.2, 0) is 13.6 Å². The second kappa shape index (κ2) is 6.48. The summed E-state index contributed by atoms with van der Waals surface area (Å²) in [5.41, 5.74) is 2.47. The lowest BCUT2D eigenvalue weighted by Gasteiger charge is -2.08. The van der Waals surface area contributed by atoms with Gasteiger partial charge in [0.15, 0.2) is 11.5 Å². The number of carbonyl (C=O) groups is 1. The minimum absolute atomic E-state index is 0.206. The number of hydrogen-bond acceptors (Lipinski definition) is 5. The van der Waals surface area contributed by atoms with Crippen molar-refractivity contribution >= 4 is 23.1 Å². The maximum atomic E-state index is 12.1. The van der Waals surface area contributed by atoms with Crippen LogP contribution < -0.4 is 20.1 Å². The van der Waals surface area contributed by atoms with E-state index >= 15 is 0 Å². The summed E-state index contributed by atoms with van der Waals surface area (Å²) in [6, 6.07) is 11.0. The predicted molar refractivity (Wildman–Crippen MR) is 94.9 cm³/mol. The molecule has 0 radical (unpaired) electrons. The quantitative estimate of drug-likeness (QED) is 0.753. The number of anilines is 1. The van der Waals surface area contributed by atoms with Gasteiger partial charge in [0.25, 0.3) is 0 Å². The van der Waals surface area contributed by atoms with Gasteiger partial charge in [-0.05, 0) is 29.6 Å². The SMILES string of the molecule is Cn1nc(-c2cccs2)cc1CNC(=O)Nc1ccc2c(c1)OCO2. The lowest BCUT2D eigenvalue weighted by Crippen LogP contribution is -2.28. The zero-order chi connectivity index (χ0) is 17.2. The van der Waals surface area contributed by atoms with Gasteiger partial charge in [-0.15, -0.1) is 11.3 Å². The van der Waals surface area contributed by atoms with Gasteiger partial charge < -0.3 is 20.1 Å². The first kappa shape index (κ1) is 15.5. The molecule has 3 aromatic rings. The number of hydrogen-bond donors (Lipinski definition) is 2. The zero-order valence-electron chi connectivity index (χ0n) is 13.5. The second-order valence-electron chi connectivity index (χ2n) is 5.50. The number of aromatic nitrogens is 2. The van der Waals surface area contributed by atoms with Crippen molar-refractivity contribution in [3.63, 3.8) is 0 Å². The van der Waals surface area contributed by atoms with Crippen molar-refractivity contribution in [1.29, 1.82) is 0 Å². The fourth-order valence-corrected chi connectivity index (χ4v) is 3.22. The Morgan fingerprint density at radius 2 is 2.16 bits per heavy atom. The van der Waals surface area contributed by atoms with Gasteiger partial charge >= 0.3 is 6.03 Å². The third-order valence-electron chi connectivity index (χ3n) is 3.81. The van der Waals surface area contributed by atoms with Crippen molar-refractivity contribution in [2.45, 2.75) is 6.54 Å². The molecule has 1 aromatic carbocycles. The highest BCUT2D eigenvalue weighted by Crippen LogP contribution is 2.34. The monoisotopic (exact) mass is 356 g/mol. The first-order chi connectivity index (χ1) is 12.2. The number of rotatable bonds is 4. The molecular formula is C17H16N4O3S. The van der Waals surface area contributed by atoms with Gasteiger partial charge in [0.1, 0.15) is 5.69 Å². The smallest absolute Gasteiger partial charge is 0.319 e. The van der Waals surface area contributed by atoms with Crippen molar-refractivity contribution in [2.75, 3.05) is 12.1 Å². The van der Waals surface area contributed by atoms with E-state index in [9.17, 15) is 4.79 Å². The molecule has 3 heterocycles. The Hall–Kier alpha value is -3.00. The maximum absolute atomic E-state index is 12.1. The van der Waals surface area contributed by atoms with Crippen LogP contribution in [0, 0.1) is 0 Å². The molecule has 0 saturated carbocycles. The van der Waals surface area contributed by atoms with Gasteiger partial charge in [-0.1, -0.05) is 6.07 Å². The molecule has 0 fully saturated rings. The first-order valence-corrected chi connectivity index (χ1v) is 8.58. The van der Waals surface area contributed by atoms with Crippen LogP contribution in [0.15, 0.2) is 41.8 Å². The maximum Gasteiger partial charge on any atom is 0.319 e. The van der Waals surface area contributed by atoms with Crippen molar-refractivity contribution in [3.05, 3.63) is 47.5 Å². The summed E-state index contributed by atoms with van der Waals surface area (Å²) >= 11 is 1.64. The van der Waals surface area contributed by atoms with Crippen LogP contribution in [0.3, 0.4) is 0 Å². The third-order valence-corrected chi connectivity index (χ3v) is 4.70. The lowest BCUT2D eigenvalue weighted by atomic mass is 10.3. The molecule has 2 N–H and O–H groups in total. The summed E-state index contributed by atoms with van der Waals surface area (Å²) in [6.07, 6.45) is 0. The molecule has 8 heteroatoms. The van der Waals surface area contributed by atoms with E-state index in [1.54, 1.807) is 34.2 Å². The molecule has 2 amide bonds. The Morgan fingerprint density at radius 1 is 1.28 bits per heavy atom. The average molecular weight is 356 g/mol. The Balaban J connectivity index is 1.37. The number of nitrogens with zero attached hydrogens (tertiary/aromatic N) is 2. The molecule has 1 aliphatic heterocycles. The minimum Gasteiger partial charge on any atom is -0.454 e. The van der Waals surface area contributed by atoms with E-state index in [0.717, 1.165) is 16.3 Å². The number of aryl methyl sites for hydroxylation is 1. The van der Waals surface area contributed by atoms with Crippen LogP contribution in [0.2, 0.25) is 0 Å². The molecule has 0 unspecified atom stereocenters. The Morgan fingerprint density at radius 3 is 3.00 bits per heavy atom. The summed E-state index contributed by atoms with van der Waals surface area (Å²) in [7, 11) is 1.86. The highest BCUT2D eigenvalue weighted by Gasteiger charge is 2.14. The van der Waals surface area contributed by atoms with Crippen LogP contribution in [-0.4, -0.2) is 22.6 Å². The van der Waals surface area contributed by atoms with E-state index in [0.29, 0.717) is 23.7 Å². The molecule has 0 spiro atoms. The molecule has 25 heavy (non-hydrogen) atoms. The number of ether oxygens (including phenoxy) is 2. The highest BCUT2D eigenvalue weighted by molar-refractivity contribution is 7.13. The summed E-state index contributed by atoms with van der Waals surface area (Å²) in [6.45, 7) is 0.587. The minimum atomic E-state index is -0.294. The summed E-state index contributed by atoms with van der Waals surface area (Å²) in [5.74, 6) is 1.31. The van der Waals surface area contributed by atoms with Crippen molar-refractivity contribution in [2.24, 2.45) is 7.05 Å².